The van der Waals surface area contributed by atoms with Gasteiger partial charge in [-0.25, -0.2) is 0 Å². The van der Waals surface area contributed by atoms with E-state index in [1.165, 1.54) is 37.8 Å². The molecule has 0 bridgehead atoms. The van der Waals surface area contributed by atoms with E-state index >= 15 is 0 Å². The Labute approximate surface area is 367 Å². The van der Waals surface area contributed by atoms with Crippen LogP contribution in [-0.2, 0) is 0 Å². The molecule has 12 rings (SSSR count). The highest BCUT2D eigenvalue weighted by Crippen LogP contribution is 2.43. The van der Waals surface area contributed by atoms with Crippen LogP contribution in [0.5, 0.6) is 0 Å². The zero-order valence-electron chi connectivity index (χ0n) is 38.6. The fraction of sp³-hybridized carbons (Fsp3) is 0. The summed E-state index contributed by atoms with van der Waals surface area (Å²) in [6, 6.07) is 73.3. The molecule has 0 aliphatic rings. The van der Waals surface area contributed by atoms with Crippen LogP contribution in [0, 0.1) is 0 Å². The number of para-hydroxylation sites is 1. The molecule has 1 aromatic heterocycles. The van der Waals surface area contributed by atoms with Gasteiger partial charge in [-0.1, -0.05) is 194 Å². The molecule has 0 unspecified atom stereocenters. The van der Waals surface area contributed by atoms with E-state index in [0.29, 0.717) is 5.56 Å². The van der Waals surface area contributed by atoms with Crippen molar-refractivity contribution in [2.75, 3.05) is 4.90 Å². The number of hydrogen-bond acceptors (Lipinski definition) is 1. The molecule has 2 nitrogen and oxygen atoms in total. The summed E-state index contributed by atoms with van der Waals surface area (Å²) in [6.07, 6.45) is 0. The highest BCUT2D eigenvalue weighted by atomic mass is 15.1. The van der Waals surface area contributed by atoms with Gasteiger partial charge in [0.25, 0.3) is 0 Å². The average Bonchev–Trinajstić information content (AvgIpc) is 3.72. The molecule has 0 saturated carbocycles. The van der Waals surface area contributed by atoms with E-state index in [4.69, 9.17) is 6.85 Å². The van der Waals surface area contributed by atoms with E-state index in [-0.39, 0.29) is 29.7 Å². The van der Waals surface area contributed by atoms with Crippen molar-refractivity contribution in [1.82, 2.24) is 4.57 Å². The Hall–Kier alpha value is -8.20. The first-order valence-corrected chi connectivity index (χ1v) is 20.9. The molecule has 11 aromatic carbocycles. The van der Waals surface area contributed by atoms with Gasteiger partial charge in [0.05, 0.1) is 23.6 Å². The summed E-state index contributed by atoms with van der Waals surface area (Å²) < 4.78 is 44.1. The second kappa shape index (κ2) is 14.8. The number of rotatable bonds is 7. The van der Waals surface area contributed by atoms with Gasteiger partial charge in [0.15, 0.2) is 0 Å². The van der Waals surface area contributed by atoms with Crippen LogP contribution < -0.4 is 4.90 Å². The number of benzene rings is 11. The fourth-order valence-electron chi connectivity index (χ4n) is 9.29. The monoisotopic (exact) mass is 793 g/mol. The van der Waals surface area contributed by atoms with Crippen LogP contribution in [0.4, 0.5) is 17.1 Å². The van der Waals surface area contributed by atoms with Crippen molar-refractivity contribution in [2.45, 2.75) is 0 Å². The van der Waals surface area contributed by atoms with Crippen molar-refractivity contribution >= 4 is 71.2 Å². The van der Waals surface area contributed by atoms with E-state index < -0.39 is 6.04 Å². The predicted octanol–water partition coefficient (Wildman–Crippen LogP) is 16.7. The van der Waals surface area contributed by atoms with Crippen LogP contribution in [0.15, 0.2) is 243 Å². The predicted molar refractivity (Wildman–Crippen MR) is 264 cm³/mol. The Morgan fingerprint density at radius 3 is 1.76 bits per heavy atom. The van der Waals surface area contributed by atoms with Crippen LogP contribution in [-0.4, -0.2) is 4.57 Å². The fourth-order valence-corrected chi connectivity index (χ4v) is 9.29. The summed E-state index contributed by atoms with van der Waals surface area (Å²) in [5, 5.41) is 9.50. The molecule has 12 aromatic rings. The first kappa shape index (κ1) is 30.8. The third kappa shape index (κ3) is 6.04. The normalized spacial score (nSPS) is 12.7. The smallest absolute Gasteiger partial charge is 0.0629 e. The molecule has 0 spiro atoms. The maximum absolute atomic E-state index is 8.56. The minimum absolute atomic E-state index is 0.183. The summed E-state index contributed by atoms with van der Waals surface area (Å²) in [7, 11) is 0. The molecule has 290 valence electrons. The van der Waals surface area contributed by atoms with Gasteiger partial charge >= 0.3 is 0 Å². The topological polar surface area (TPSA) is 8.17 Å². The molecule has 1 heterocycles. The molecule has 0 fully saturated rings. The zero-order chi connectivity index (χ0) is 45.3. The van der Waals surface area contributed by atoms with E-state index in [9.17, 15) is 0 Å². The van der Waals surface area contributed by atoms with Crippen molar-refractivity contribution < 1.29 is 6.85 Å². The van der Waals surface area contributed by atoms with Crippen LogP contribution in [0.2, 0.25) is 0 Å². The van der Waals surface area contributed by atoms with Crippen molar-refractivity contribution in [2.24, 2.45) is 0 Å². The second-order valence-electron chi connectivity index (χ2n) is 15.8. The molecule has 2 heteroatoms. The summed E-state index contributed by atoms with van der Waals surface area (Å²) in [5.74, 6) is 0. The van der Waals surface area contributed by atoms with Crippen LogP contribution in [0.25, 0.3) is 93.2 Å². The number of nitrogens with zero attached hydrogens (tertiary/aromatic N) is 2. The molecular formula is C60H40N2. The highest BCUT2D eigenvalue weighted by Gasteiger charge is 2.19. The molecule has 62 heavy (non-hydrogen) atoms. The van der Waals surface area contributed by atoms with E-state index in [2.05, 4.69) is 179 Å². The Morgan fingerprint density at radius 2 is 0.952 bits per heavy atom. The first-order valence-electron chi connectivity index (χ1n) is 23.4. The maximum Gasteiger partial charge on any atom is 0.0629 e. The number of fused-ring (bicyclic) bond motifs is 7. The number of hydrogen-bond donors (Lipinski definition) is 0. The standard InChI is InChI=1S/C60H40N2/c1-3-13-41(14-4-1)43-27-32-50(33-28-43)61(49-18-5-2-6-19-49)58-38-37-52(54-21-11-12-22-55(54)58)46-25-23-44(24-26-46)48-31-35-56-57-36-30-45-16-9-10-20-53(45)60(57)62(59(56)40-48)51-34-29-42-15-7-8-17-47(42)39-51/h1-40H/i1D,3D,4D,13D,14D. The lowest BCUT2D eigenvalue weighted by atomic mass is 9.94. The van der Waals surface area contributed by atoms with Crippen LogP contribution >= 0.6 is 0 Å². The molecule has 0 amide bonds. The van der Waals surface area contributed by atoms with Crippen LogP contribution in [0.3, 0.4) is 0 Å². The van der Waals surface area contributed by atoms with Gasteiger partial charge in [-0.05, 0) is 103 Å². The van der Waals surface area contributed by atoms with Gasteiger partial charge in [-0.15, -0.1) is 0 Å². The largest absolute Gasteiger partial charge is 0.310 e. The first-order chi connectivity index (χ1) is 32.8. The van der Waals surface area contributed by atoms with Gasteiger partial charge in [0.2, 0.25) is 0 Å². The number of aromatic nitrogens is 1. The molecule has 0 aliphatic heterocycles. The minimum Gasteiger partial charge on any atom is -0.310 e. The van der Waals surface area contributed by atoms with Crippen LogP contribution in [0.1, 0.15) is 6.85 Å². The lowest BCUT2D eigenvalue weighted by molar-refractivity contribution is 1.19. The van der Waals surface area contributed by atoms with Crippen molar-refractivity contribution in [3.63, 3.8) is 0 Å². The van der Waals surface area contributed by atoms with Gasteiger partial charge in [0, 0.05) is 38.6 Å². The van der Waals surface area contributed by atoms with Gasteiger partial charge in [-0.3, -0.25) is 0 Å². The Morgan fingerprint density at radius 1 is 0.355 bits per heavy atom. The van der Waals surface area contributed by atoms with Crippen molar-refractivity contribution in [3.05, 3.63) is 243 Å². The summed E-state index contributed by atoms with van der Waals surface area (Å²) >= 11 is 0. The molecule has 0 atom stereocenters. The minimum atomic E-state index is -0.402. The Kier molecular flexibility index (Phi) is 7.35. The summed E-state index contributed by atoms with van der Waals surface area (Å²) in [6.45, 7) is 0. The Balaban J connectivity index is 0.941. The highest BCUT2D eigenvalue weighted by molar-refractivity contribution is 6.19. The second-order valence-corrected chi connectivity index (χ2v) is 15.8. The third-order valence-electron chi connectivity index (χ3n) is 12.2. The molecular weight excluding hydrogens is 749 g/mol. The Bertz CT molecular complexity index is 3890. The lowest BCUT2D eigenvalue weighted by Gasteiger charge is -2.27. The van der Waals surface area contributed by atoms with E-state index in [0.717, 1.165) is 61.3 Å². The quantitative estimate of drug-likeness (QED) is 0.156. The van der Waals surface area contributed by atoms with Crippen molar-refractivity contribution in [1.29, 1.82) is 0 Å². The average molecular weight is 794 g/mol. The molecule has 0 saturated heterocycles. The third-order valence-corrected chi connectivity index (χ3v) is 12.2. The zero-order valence-corrected chi connectivity index (χ0v) is 33.6. The SMILES string of the molecule is [2H]c1c([2H])c([2H])c(-c2ccc(N(c3ccccc3)c3ccc(-c4ccc(-c5ccc6c7ccc8ccccc8c7n(-c7ccc8ccccc8c7)c6c5)cc4)c4ccccc34)cc2)c([2H])c1[2H]. The van der Waals surface area contributed by atoms with E-state index in [1.807, 2.05) is 42.5 Å². The summed E-state index contributed by atoms with van der Waals surface area (Å²) in [4.78, 5) is 2.21. The van der Waals surface area contributed by atoms with Gasteiger partial charge in [-0.2, -0.15) is 0 Å². The lowest BCUT2D eigenvalue weighted by Crippen LogP contribution is -2.10. The maximum atomic E-state index is 8.56. The molecule has 0 aliphatic carbocycles. The van der Waals surface area contributed by atoms with E-state index in [1.54, 1.807) is 0 Å². The molecule has 0 N–H and O–H groups in total. The van der Waals surface area contributed by atoms with Crippen molar-refractivity contribution in [3.8, 4) is 39.1 Å². The number of anilines is 3. The van der Waals surface area contributed by atoms with Gasteiger partial charge < -0.3 is 9.47 Å². The molecule has 0 radical (unpaired) electrons. The summed E-state index contributed by atoms with van der Waals surface area (Å²) in [5.41, 5.74) is 11.6. The van der Waals surface area contributed by atoms with Gasteiger partial charge in [0.1, 0.15) is 0 Å².